The number of alkyl halides is 6. The highest BCUT2D eigenvalue weighted by molar-refractivity contribution is 6.35. The normalized spacial score (nSPS) is 17.9. The molecule has 4 rings (SSSR count). The second kappa shape index (κ2) is 10.8. The van der Waals surface area contributed by atoms with E-state index < -0.39 is 51.0 Å². The molecule has 0 saturated carbocycles. The second-order valence-electron chi connectivity index (χ2n) is 8.29. The Kier molecular flexibility index (Phi) is 7.96. The molecule has 3 N–H and O–H groups in total. The molecule has 0 aliphatic carbocycles. The number of nitrogens with one attached hydrogen (secondary N) is 3. The Morgan fingerprint density at radius 2 is 1.65 bits per heavy atom. The molecule has 0 radical (unpaired) electrons. The summed E-state index contributed by atoms with van der Waals surface area (Å²) in [6.07, 6.45) is -8.84. The van der Waals surface area contributed by atoms with Gasteiger partial charge in [0.1, 0.15) is 0 Å². The van der Waals surface area contributed by atoms with Crippen molar-refractivity contribution in [2.45, 2.75) is 18.0 Å². The van der Waals surface area contributed by atoms with Crippen LogP contribution in [0.2, 0.25) is 10.0 Å². The van der Waals surface area contributed by atoms with Crippen LogP contribution in [0.15, 0.2) is 66.5 Å². The van der Waals surface area contributed by atoms with E-state index >= 15 is 0 Å². The Balaban J connectivity index is 1.79. The van der Waals surface area contributed by atoms with Gasteiger partial charge in [0.2, 0.25) is 5.60 Å². The predicted octanol–water partition coefficient (Wildman–Crippen LogP) is 6.90. The molecule has 212 valence electrons. The third kappa shape index (κ3) is 5.42. The van der Waals surface area contributed by atoms with Crippen LogP contribution in [-0.2, 0) is 15.3 Å². The monoisotopic (exact) mass is 609 g/mol. The largest absolute Gasteiger partial charge is 0.434 e. The van der Waals surface area contributed by atoms with Crippen molar-refractivity contribution in [3.63, 3.8) is 0 Å². The van der Waals surface area contributed by atoms with Crippen molar-refractivity contribution >= 4 is 45.6 Å². The van der Waals surface area contributed by atoms with E-state index in [1.54, 1.807) is 11.5 Å². The second-order valence-corrected chi connectivity index (χ2v) is 9.11. The Labute approximate surface area is 231 Å². The first kappa shape index (κ1) is 29.5. The van der Waals surface area contributed by atoms with Crippen molar-refractivity contribution in [2.24, 2.45) is 0 Å². The lowest BCUT2D eigenvalue weighted by molar-refractivity contribution is -0.269. The molecule has 0 aromatic heterocycles. The minimum atomic E-state index is -5.07. The van der Waals surface area contributed by atoms with E-state index in [0.717, 1.165) is 19.2 Å². The van der Waals surface area contributed by atoms with Gasteiger partial charge < -0.3 is 5.32 Å². The molecular weight excluding hydrogens is 594 g/mol. The van der Waals surface area contributed by atoms with Gasteiger partial charge in [-0.25, -0.2) is 4.39 Å². The van der Waals surface area contributed by atoms with Crippen molar-refractivity contribution in [1.29, 1.82) is 0 Å². The van der Waals surface area contributed by atoms with Gasteiger partial charge in [-0.1, -0.05) is 53.5 Å². The molecule has 0 fully saturated rings. The van der Waals surface area contributed by atoms with Crippen LogP contribution in [0.4, 0.5) is 30.7 Å². The summed E-state index contributed by atoms with van der Waals surface area (Å²) in [4.78, 5) is 22.1. The van der Waals surface area contributed by atoms with Gasteiger partial charge in [0.25, 0.3) is 5.91 Å². The zero-order chi connectivity index (χ0) is 29.5. The van der Waals surface area contributed by atoms with Crippen molar-refractivity contribution in [3.8, 4) is 0 Å². The van der Waals surface area contributed by atoms with E-state index in [0.29, 0.717) is 12.3 Å². The molecule has 1 amide bonds. The maximum absolute atomic E-state index is 14.4. The zero-order valence-corrected chi connectivity index (χ0v) is 21.4. The fourth-order valence-electron chi connectivity index (χ4n) is 3.97. The molecule has 6 nitrogen and oxygen atoms in total. The summed E-state index contributed by atoms with van der Waals surface area (Å²) in [6.45, 7) is 0. The van der Waals surface area contributed by atoms with Crippen LogP contribution in [0, 0.1) is 5.82 Å². The van der Waals surface area contributed by atoms with Crippen molar-refractivity contribution in [1.82, 2.24) is 16.3 Å². The maximum Gasteiger partial charge on any atom is 0.434 e. The molecule has 1 unspecified atom stereocenters. The lowest BCUT2D eigenvalue weighted by Crippen LogP contribution is -2.42. The first-order valence-corrected chi connectivity index (χ1v) is 11.7. The summed E-state index contributed by atoms with van der Waals surface area (Å²) in [5.74, 6) is -2.04. The summed E-state index contributed by atoms with van der Waals surface area (Å²) >= 11 is 11.5. The predicted molar refractivity (Wildman–Crippen MR) is 132 cm³/mol. The first-order chi connectivity index (χ1) is 18.7. The molecule has 0 spiro atoms. The molecule has 0 bridgehead atoms. The molecule has 1 heterocycles. The Morgan fingerprint density at radius 1 is 1.02 bits per heavy atom. The lowest BCUT2D eigenvalue weighted by atomic mass is 9.90. The fourth-order valence-corrected chi connectivity index (χ4v) is 4.46. The summed E-state index contributed by atoms with van der Waals surface area (Å²) in [6, 6.07) is 10.0. The van der Waals surface area contributed by atoms with Crippen LogP contribution in [0.1, 0.15) is 21.5 Å². The molecule has 1 atom stereocenters. The first-order valence-electron chi connectivity index (χ1n) is 11.0. The minimum Gasteiger partial charge on any atom is -0.326 e. The van der Waals surface area contributed by atoms with E-state index in [2.05, 4.69) is 10.3 Å². The molecule has 15 heteroatoms. The number of carbonyl (C=O) groups excluding carboxylic acids is 1. The maximum atomic E-state index is 14.4. The Hall–Kier alpha value is -3.52. The summed E-state index contributed by atoms with van der Waals surface area (Å²) in [5.41, 5.74) is -1.33. The van der Waals surface area contributed by atoms with E-state index in [1.165, 1.54) is 30.3 Å². The smallest absolute Gasteiger partial charge is 0.326 e. The van der Waals surface area contributed by atoms with Gasteiger partial charge in [0, 0.05) is 22.9 Å². The number of allylic oxidation sites excluding steroid dienone is 1. The van der Waals surface area contributed by atoms with Gasteiger partial charge in [-0.05, 0) is 35.0 Å². The van der Waals surface area contributed by atoms with Gasteiger partial charge in [-0.15, -0.1) is 0 Å². The third-order valence-corrected chi connectivity index (χ3v) is 6.38. The van der Waals surface area contributed by atoms with Crippen LogP contribution in [0.5, 0.6) is 0 Å². The number of rotatable bonds is 6. The average Bonchev–Trinajstić information content (AvgIpc) is 3.35. The molecule has 1 aliphatic rings. The highest BCUT2D eigenvalue weighted by Gasteiger charge is 2.60. The summed E-state index contributed by atoms with van der Waals surface area (Å²) in [5, 5.41) is 1.19. The highest BCUT2D eigenvalue weighted by atomic mass is 35.5. The molecule has 3 aromatic carbocycles. The highest BCUT2D eigenvalue weighted by Crippen LogP contribution is 2.49. The SMILES string of the molecule is CON/C(=C/NC(=O)c1ccc(C2=CC(c3cc(Cl)c(F)c(Cl)c3)(C(F)(F)F)ON2)c2ccccc12)C(F)(F)F. The number of halogens is 9. The Morgan fingerprint density at radius 3 is 2.23 bits per heavy atom. The molecule has 1 aliphatic heterocycles. The topological polar surface area (TPSA) is 71.6 Å². The molecule has 40 heavy (non-hydrogen) atoms. The minimum absolute atomic E-state index is 0.0757. The standard InChI is InChI=1S/C25H16Cl2F7N3O3/c1-39-37-20(24(29,30)31)11-35-22(38)16-7-6-15(13-4-2-3-5-14(13)16)19-10-23(40-36-19,25(32,33)34)12-8-17(26)21(28)18(27)9-12/h2-11,36-37H,1H3,(H,35,38)/b20-11+. The number of hydrogen-bond donors (Lipinski definition) is 3. The summed E-state index contributed by atoms with van der Waals surface area (Å²) in [7, 11) is 0.954. The van der Waals surface area contributed by atoms with Gasteiger partial charge in [0.05, 0.1) is 22.9 Å². The van der Waals surface area contributed by atoms with Gasteiger partial charge in [-0.3, -0.25) is 25.4 Å². The van der Waals surface area contributed by atoms with E-state index in [4.69, 9.17) is 28.0 Å². The number of hydrogen-bond acceptors (Lipinski definition) is 5. The van der Waals surface area contributed by atoms with E-state index in [9.17, 15) is 35.5 Å². The van der Waals surface area contributed by atoms with Crippen LogP contribution in [0.25, 0.3) is 16.5 Å². The van der Waals surface area contributed by atoms with Gasteiger partial charge in [0.15, 0.2) is 11.5 Å². The van der Waals surface area contributed by atoms with Crippen molar-refractivity contribution < 1.29 is 45.2 Å². The molecule has 0 saturated heterocycles. The fraction of sp³-hybridized carbons (Fsp3) is 0.160. The van der Waals surface area contributed by atoms with Crippen molar-refractivity contribution in [2.75, 3.05) is 7.11 Å². The number of fused-ring (bicyclic) bond motifs is 1. The van der Waals surface area contributed by atoms with Gasteiger partial charge in [-0.2, -0.15) is 26.3 Å². The van der Waals surface area contributed by atoms with E-state index in [1.807, 2.05) is 5.32 Å². The zero-order valence-electron chi connectivity index (χ0n) is 19.9. The van der Waals surface area contributed by atoms with Crippen LogP contribution < -0.4 is 16.3 Å². The average molecular weight is 610 g/mol. The molecular formula is C25H16Cl2F7N3O3. The number of benzene rings is 3. The van der Waals surface area contributed by atoms with Crippen LogP contribution in [-0.4, -0.2) is 25.4 Å². The number of amides is 1. The Bertz CT molecular complexity index is 1520. The third-order valence-electron chi connectivity index (χ3n) is 5.83. The summed E-state index contributed by atoms with van der Waals surface area (Å²) < 4.78 is 96.3. The quantitative estimate of drug-likeness (QED) is 0.161. The van der Waals surface area contributed by atoms with Crippen LogP contribution in [0.3, 0.4) is 0 Å². The number of hydroxylamine groups is 2. The van der Waals surface area contributed by atoms with Crippen molar-refractivity contribution in [3.05, 3.63) is 99.1 Å². The van der Waals surface area contributed by atoms with Crippen LogP contribution >= 0.6 is 23.2 Å². The van der Waals surface area contributed by atoms with Gasteiger partial charge >= 0.3 is 12.4 Å². The molecule has 3 aromatic rings. The lowest BCUT2D eigenvalue weighted by Gasteiger charge is -2.28. The number of carbonyl (C=O) groups is 1. The van der Waals surface area contributed by atoms with E-state index in [-0.39, 0.29) is 27.6 Å².